The van der Waals surface area contributed by atoms with Gasteiger partial charge in [0.05, 0.1) is 15.4 Å². The highest BCUT2D eigenvalue weighted by Crippen LogP contribution is 2.24. The van der Waals surface area contributed by atoms with E-state index in [4.69, 9.17) is 5.26 Å². The molecule has 0 saturated carbocycles. The molecule has 0 saturated heterocycles. The van der Waals surface area contributed by atoms with Crippen molar-refractivity contribution in [3.63, 3.8) is 0 Å². The fraction of sp³-hybridized carbons (Fsp3) is 0.214. The SMILES string of the molecule is Cc1cc(N(C)Cc2csc(Br)c2)ccc1C#N. The fourth-order valence-electron chi connectivity index (χ4n) is 1.80. The second kappa shape index (κ2) is 5.55. The van der Waals surface area contributed by atoms with Gasteiger partial charge in [-0.2, -0.15) is 5.26 Å². The molecular weight excluding hydrogens is 308 g/mol. The van der Waals surface area contributed by atoms with Gasteiger partial charge in [-0.15, -0.1) is 11.3 Å². The van der Waals surface area contributed by atoms with Gasteiger partial charge >= 0.3 is 0 Å². The van der Waals surface area contributed by atoms with Crippen LogP contribution in [0.2, 0.25) is 0 Å². The standard InChI is InChI=1S/C14H13BrN2S/c1-10-5-13(4-3-12(10)7-16)17(2)8-11-6-14(15)18-9-11/h3-6,9H,8H2,1-2H3. The Labute approximate surface area is 120 Å². The number of thiophene rings is 1. The molecule has 0 aliphatic carbocycles. The summed E-state index contributed by atoms with van der Waals surface area (Å²) in [6.07, 6.45) is 0. The van der Waals surface area contributed by atoms with Crippen molar-refractivity contribution in [2.24, 2.45) is 0 Å². The summed E-state index contributed by atoms with van der Waals surface area (Å²) in [5, 5.41) is 11.1. The fourth-order valence-corrected chi connectivity index (χ4v) is 3.00. The molecule has 0 N–H and O–H groups in total. The van der Waals surface area contributed by atoms with Crippen LogP contribution >= 0.6 is 27.3 Å². The van der Waals surface area contributed by atoms with Crippen molar-refractivity contribution in [3.8, 4) is 6.07 Å². The van der Waals surface area contributed by atoms with E-state index in [1.54, 1.807) is 11.3 Å². The van der Waals surface area contributed by atoms with Gasteiger partial charge in [0.2, 0.25) is 0 Å². The number of benzene rings is 1. The summed E-state index contributed by atoms with van der Waals surface area (Å²) in [6.45, 7) is 2.84. The molecule has 0 unspecified atom stereocenters. The summed E-state index contributed by atoms with van der Waals surface area (Å²) in [4.78, 5) is 2.18. The summed E-state index contributed by atoms with van der Waals surface area (Å²) >= 11 is 5.17. The number of nitriles is 1. The number of hydrogen-bond acceptors (Lipinski definition) is 3. The molecule has 2 rings (SSSR count). The molecule has 2 aromatic rings. The lowest BCUT2D eigenvalue weighted by Crippen LogP contribution is -2.16. The second-order valence-electron chi connectivity index (χ2n) is 4.23. The van der Waals surface area contributed by atoms with Gasteiger partial charge in [-0.05, 0) is 63.6 Å². The van der Waals surface area contributed by atoms with Gasteiger partial charge in [0.15, 0.2) is 0 Å². The van der Waals surface area contributed by atoms with Crippen LogP contribution in [0.1, 0.15) is 16.7 Å². The average molecular weight is 321 g/mol. The van der Waals surface area contributed by atoms with Crippen LogP contribution in [0.25, 0.3) is 0 Å². The van der Waals surface area contributed by atoms with E-state index < -0.39 is 0 Å². The van der Waals surface area contributed by atoms with E-state index in [1.807, 2.05) is 19.1 Å². The Bertz CT molecular complexity index is 598. The lowest BCUT2D eigenvalue weighted by atomic mass is 10.1. The molecule has 92 valence electrons. The average Bonchev–Trinajstić information content (AvgIpc) is 2.74. The number of halogens is 1. The van der Waals surface area contributed by atoms with Crippen LogP contribution in [-0.4, -0.2) is 7.05 Å². The molecule has 0 amide bonds. The normalized spacial score (nSPS) is 10.1. The van der Waals surface area contributed by atoms with E-state index in [0.29, 0.717) is 0 Å². The smallest absolute Gasteiger partial charge is 0.0994 e. The number of aryl methyl sites for hydroxylation is 1. The monoisotopic (exact) mass is 320 g/mol. The lowest BCUT2D eigenvalue weighted by Gasteiger charge is -2.19. The van der Waals surface area contributed by atoms with Crippen LogP contribution in [0, 0.1) is 18.3 Å². The van der Waals surface area contributed by atoms with Crippen LogP contribution in [0.5, 0.6) is 0 Å². The van der Waals surface area contributed by atoms with Gasteiger partial charge in [0.1, 0.15) is 0 Å². The summed E-state index contributed by atoms with van der Waals surface area (Å²) < 4.78 is 1.15. The maximum absolute atomic E-state index is 8.92. The molecule has 0 aliphatic rings. The summed E-state index contributed by atoms with van der Waals surface area (Å²) in [5.74, 6) is 0. The minimum absolute atomic E-state index is 0.741. The Morgan fingerprint density at radius 1 is 1.39 bits per heavy atom. The minimum atomic E-state index is 0.741. The summed E-state index contributed by atoms with van der Waals surface area (Å²) in [6, 6.07) is 10.3. The maximum Gasteiger partial charge on any atom is 0.0994 e. The molecule has 0 bridgehead atoms. The number of hydrogen-bond donors (Lipinski definition) is 0. The quantitative estimate of drug-likeness (QED) is 0.841. The predicted octanol–water partition coefficient (Wildman–Crippen LogP) is 4.33. The Morgan fingerprint density at radius 3 is 2.72 bits per heavy atom. The van der Waals surface area contributed by atoms with Crippen molar-refractivity contribution in [3.05, 3.63) is 50.1 Å². The number of anilines is 1. The molecule has 1 aromatic carbocycles. The third-order valence-electron chi connectivity index (χ3n) is 2.81. The molecule has 4 heteroatoms. The molecule has 1 aromatic heterocycles. The molecule has 0 fully saturated rings. The largest absolute Gasteiger partial charge is 0.370 e. The molecule has 18 heavy (non-hydrogen) atoms. The van der Waals surface area contributed by atoms with Crippen molar-refractivity contribution in [2.75, 3.05) is 11.9 Å². The van der Waals surface area contributed by atoms with Crippen molar-refractivity contribution >= 4 is 33.0 Å². The first kappa shape index (κ1) is 13.1. The molecule has 0 radical (unpaired) electrons. The van der Waals surface area contributed by atoms with E-state index >= 15 is 0 Å². The van der Waals surface area contributed by atoms with Gasteiger partial charge in [-0.1, -0.05) is 0 Å². The van der Waals surface area contributed by atoms with E-state index in [0.717, 1.165) is 27.1 Å². The zero-order chi connectivity index (χ0) is 13.1. The zero-order valence-electron chi connectivity index (χ0n) is 10.3. The van der Waals surface area contributed by atoms with Crippen molar-refractivity contribution in [1.29, 1.82) is 5.26 Å². The van der Waals surface area contributed by atoms with Gasteiger partial charge in [0.25, 0.3) is 0 Å². The van der Waals surface area contributed by atoms with Gasteiger partial charge < -0.3 is 4.90 Å². The van der Waals surface area contributed by atoms with Crippen LogP contribution in [0.4, 0.5) is 5.69 Å². The third-order valence-corrected chi connectivity index (χ3v) is 4.37. The number of rotatable bonds is 3. The lowest BCUT2D eigenvalue weighted by molar-refractivity contribution is 0.926. The highest BCUT2D eigenvalue weighted by Gasteiger charge is 2.06. The van der Waals surface area contributed by atoms with E-state index in [9.17, 15) is 0 Å². The van der Waals surface area contributed by atoms with Crippen LogP contribution in [-0.2, 0) is 6.54 Å². The topological polar surface area (TPSA) is 27.0 Å². The second-order valence-corrected chi connectivity index (χ2v) is 6.52. The highest BCUT2D eigenvalue weighted by molar-refractivity contribution is 9.11. The van der Waals surface area contributed by atoms with Gasteiger partial charge in [-0.25, -0.2) is 0 Å². The van der Waals surface area contributed by atoms with E-state index in [-0.39, 0.29) is 0 Å². The first-order valence-corrected chi connectivity index (χ1v) is 7.22. The van der Waals surface area contributed by atoms with Crippen LogP contribution in [0.3, 0.4) is 0 Å². The number of nitrogens with zero attached hydrogens (tertiary/aromatic N) is 2. The van der Waals surface area contributed by atoms with Crippen LogP contribution < -0.4 is 4.90 Å². The zero-order valence-corrected chi connectivity index (χ0v) is 12.7. The minimum Gasteiger partial charge on any atom is -0.370 e. The first-order valence-electron chi connectivity index (χ1n) is 5.55. The molecule has 0 spiro atoms. The Hall–Kier alpha value is -1.31. The van der Waals surface area contributed by atoms with Gasteiger partial charge in [-0.3, -0.25) is 0 Å². The molecule has 2 nitrogen and oxygen atoms in total. The molecule has 0 atom stereocenters. The molecule has 0 aliphatic heterocycles. The Kier molecular flexibility index (Phi) is 4.05. The summed E-state index contributed by atoms with van der Waals surface area (Å²) in [7, 11) is 2.06. The Balaban J connectivity index is 2.16. The predicted molar refractivity (Wildman–Crippen MR) is 80.0 cm³/mol. The van der Waals surface area contributed by atoms with Crippen molar-refractivity contribution in [1.82, 2.24) is 0 Å². The van der Waals surface area contributed by atoms with Crippen molar-refractivity contribution in [2.45, 2.75) is 13.5 Å². The maximum atomic E-state index is 8.92. The molecule has 1 heterocycles. The van der Waals surface area contributed by atoms with E-state index in [1.165, 1.54) is 5.56 Å². The Morgan fingerprint density at radius 2 is 2.17 bits per heavy atom. The third kappa shape index (κ3) is 2.92. The first-order chi connectivity index (χ1) is 8.60. The van der Waals surface area contributed by atoms with E-state index in [2.05, 4.69) is 51.5 Å². The van der Waals surface area contributed by atoms with Crippen LogP contribution in [0.15, 0.2) is 33.4 Å². The summed E-state index contributed by atoms with van der Waals surface area (Å²) in [5.41, 5.74) is 4.18. The highest BCUT2D eigenvalue weighted by atomic mass is 79.9. The van der Waals surface area contributed by atoms with Gasteiger partial charge in [0, 0.05) is 19.3 Å². The molecular formula is C14H13BrN2S. The van der Waals surface area contributed by atoms with Crippen molar-refractivity contribution < 1.29 is 0 Å².